The molecule has 3 rings (SSSR count). The van der Waals surface area contributed by atoms with Gasteiger partial charge in [0.25, 0.3) is 5.91 Å². The average molecular weight is 385 g/mol. The number of hydrogen-bond acceptors (Lipinski definition) is 3. The number of halogens is 1. The van der Waals surface area contributed by atoms with Gasteiger partial charge in [-0.15, -0.1) is 11.3 Å². The third kappa shape index (κ3) is 3.97. The molecular formula is C21H21ClN2OS. The van der Waals surface area contributed by atoms with Gasteiger partial charge in [-0.3, -0.25) is 4.79 Å². The molecule has 1 N–H and O–H groups in total. The van der Waals surface area contributed by atoms with E-state index in [-0.39, 0.29) is 11.3 Å². The highest BCUT2D eigenvalue weighted by Crippen LogP contribution is 2.35. The zero-order chi connectivity index (χ0) is 18.9. The molecule has 3 aromatic rings. The number of nitrogens with one attached hydrogen (secondary N) is 1. The molecule has 26 heavy (non-hydrogen) atoms. The molecule has 0 aliphatic rings. The molecule has 1 heterocycles. The van der Waals surface area contributed by atoms with Gasteiger partial charge >= 0.3 is 0 Å². The van der Waals surface area contributed by atoms with Crippen molar-refractivity contribution in [2.75, 3.05) is 0 Å². The van der Waals surface area contributed by atoms with Crippen molar-refractivity contribution < 1.29 is 4.79 Å². The number of hydrogen-bond donors (Lipinski definition) is 1. The average Bonchev–Trinajstić information content (AvgIpc) is 2.90. The molecule has 134 valence electrons. The van der Waals surface area contributed by atoms with Crippen LogP contribution in [0.2, 0.25) is 5.02 Å². The molecule has 0 spiro atoms. The Morgan fingerprint density at radius 2 is 1.85 bits per heavy atom. The van der Waals surface area contributed by atoms with E-state index in [2.05, 4.69) is 43.4 Å². The molecule has 0 bridgehead atoms. The molecule has 2 aromatic carbocycles. The molecule has 3 nitrogen and oxygen atoms in total. The minimum absolute atomic E-state index is 0.111. The lowest BCUT2D eigenvalue weighted by Crippen LogP contribution is -2.16. The predicted molar refractivity (Wildman–Crippen MR) is 112 cm³/mol. The third-order valence-electron chi connectivity index (χ3n) is 4.15. The number of hydrazone groups is 1. The third-order valence-corrected chi connectivity index (χ3v) is 5.80. The van der Waals surface area contributed by atoms with Crippen LogP contribution in [-0.4, -0.2) is 12.1 Å². The maximum Gasteiger partial charge on any atom is 0.283 e. The monoisotopic (exact) mass is 384 g/mol. The number of benzene rings is 2. The maximum atomic E-state index is 12.4. The first-order chi connectivity index (χ1) is 12.3. The number of amides is 1. The van der Waals surface area contributed by atoms with Gasteiger partial charge in [-0.1, -0.05) is 68.8 Å². The van der Waals surface area contributed by atoms with Crippen molar-refractivity contribution in [2.24, 2.45) is 5.10 Å². The van der Waals surface area contributed by atoms with Gasteiger partial charge in [0, 0.05) is 10.1 Å². The van der Waals surface area contributed by atoms with E-state index in [1.807, 2.05) is 37.3 Å². The molecule has 1 aromatic heterocycles. The SMILES string of the molecule is Cc1ccc2c(Cl)c(C(=O)N/N=C/c3ccc(C(C)(C)C)cc3)sc2c1. The molecule has 0 radical (unpaired) electrons. The summed E-state index contributed by atoms with van der Waals surface area (Å²) in [5.41, 5.74) is 6.00. The van der Waals surface area contributed by atoms with Crippen LogP contribution in [0.25, 0.3) is 10.1 Å². The van der Waals surface area contributed by atoms with Crippen LogP contribution in [0.1, 0.15) is 47.1 Å². The number of thiophene rings is 1. The number of carbonyl (C=O) groups is 1. The largest absolute Gasteiger partial charge is 0.283 e. The fraction of sp³-hybridized carbons (Fsp3) is 0.238. The Labute approximate surface area is 162 Å². The van der Waals surface area contributed by atoms with E-state index in [1.165, 1.54) is 16.9 Å². The summed E-state index contributed by atoms with van der Waals surface area (Å²) in [5.74, 6) is -0.295. The molecule has 0 aliphatic carbocycles. The van der Waals surface area contributed by atoms with E-state index in [9.17, 15) is 4.79 Å². The van der Waals surface area contributed by atoms with E-state index >= 15 is 0 Å². The number of carbonyl (C=O) groups excluding carboxylic acids is 1. The summed E-state index contributed by atoms with van der Waals surface area (Å²) in [6.07, 6.45) is 1.63. The Morgan fingerprint density at radius 3 is 2.50 bits per heavy atom. The number of fused-ring (bicyclic) bond motifs is 1. The van der Waals surface area contributed by atoms with Crippen molar-refractivity contribution in [3.63, 3.8) is 0 Å². The highest BCUT2D eigenvalue weighted by molar-refractivity contribution is 7.21. The van der Waals surface area contributed by atoms with Gasteiger partial charge in [0.2, 0.25) is 0 Å². The van der Waals surface area contributed by atoms with Gasteiger partial charge in [-0.05, 0) is 35.1 Å². The number of aryl methyl sites for hydroxylation is 1. The Balaban J connectivity index is 1.72. The molecule has 5 heteroatoms. The number of rotatable bonds is 3. The summed E-state index contributed by atoms with van der Waals surface area (Å²) in [6, 6.07) is 14.1. The molecular weight excluding hydrogens is 364 g/mol. The predicted octanol–water partition coefficient (Wildman–Crippen LogP) is 5.92. The second kappa shape index (κ2) is 7.22. The number of nitrogens with zero attached hydrogens (tertiary/aromatic N) is 1. The van der Waals surface area contributed by atoms with Crippen LogP contribution in [0.4, 0.5) is 0 Å². The standard InChI is InChI=1S/C21H21ClN2OS/c1-13-5-10-16-17(11-13)26-19(18(16)22)20(25)24-23-12-14-6-8-15(9-7-14)21(2,3)4/h5-12H,1-4H3,(H,24,25)/b23-12+. The quantitative estimate of drug-likeness (QED) is 0.441. The van der Waals surface area contributed by atoms with Crippen LogP contribution in [-0.2, 0) is 5.41 Å². The summed E-state index contributed by atoms with van der Waals surface area (Å²) in [7, 11) is 0. The minimum Gasteiger partial charge on any atom is -0.266 e. The lowest BCUT2D eigenvalue weighted by molar-refractivity contribution is 0.0959. The lowest BCUT2D eigenvalue weighted by Gasteiger charge is -2.18. The van der Waals surface area contributed by atoms with Crippen LogP contribution in [0.5, 0.6) is 0 Å². The van der Waals surface area contributed by atoms with Crippen molar-refractivity contribution in [1.82, 2.24) is 5.43 Å². The molecule has 0 saturated carbocycles. The lowest BCUT2D eigenvalue weighted by atomic mass is 9.87. The van der Waals surface area contributed by atoms with E-state index in [0.717, 1.165) is 21.2 Å². The maximum absolute atomic E-state index is 12.4. The minimum atomic E-state index is -0.295. The van der Waals surface area contributed by atoms with Crippen molar-refractivity contribution >= 4 is 45.1 Å². The summed E-state index contributed by atoms with van der Waals surface area (Å²) in [6.45, 7) is 8.54. The fourth-order valence-corrected chi connectivity index (χ4v) is 4.11. The Hall–Kier alpha value is -2.17. The van der Waals surface area contributed by atoms with Gasteiger partial charge in [0.05, 0.1) is 11.2 Å². The molecule has 0 unspecified atom stereocenters. The topological polar surface area (TPSA) is 41.5 Å². The normalized spacial score (nSPS) is 12.0. The zero-order valence-corrected chi connectivity index (χ0v) is 16.8. The van der Waals surface area contributed by atoms with Crippen molar-refractivity contribution in [1.29, 1.82) is 0 Å². The first-order valence-corrected chi connectivity index (χ1v) is 9.58. The van der Waals surface area contributed by atoms with Crippen molar-refractivity contribution in [3.8, 4) is 0 Å². The molecule has 1 amide bonds. The Bertz CT molecular complexity index is 982. The van der Waals surface area contributed by atoms with Crippen molar-refractivity contribution in [3.05, 3.63) is 69.1 Å². The van der Waals surface area contributed by atoms with Crippen molar-refractivity contribution in [2.45, 2.75) is 33.1 Å². The summed E-state index contributed by atoms with van der Waals surface area (Å²) < 4.78 is 1.00. The summed E-state index contributed by atoms with van der Waals surface area (Å²) in [4.78, 5) is 12.9. The van der Waals surface area contributed by atoms with Crippen LogP contribution >= 0.6 is 22.9 Å². The van der Waals surface area contributed by atoms with Crippen LogP contribution < -0.4 is 5.43 Å². The summed E-state index contributed by atoms with van der Waals surface area (Å²) >= 11 is 7.74. The van der Waals surface area contributed by atoms with Crippen LogP contribution in [0.15, 0.2) is 47.6 Å². The molecule has 0 saturated heterocycles. The van der Waals surface area contributed by atoms with Gasteiger partial charge < -0.3 is 0 Å². The second-order valence-electron chi connectivity index (χ2n) is 7.32. The molecule has 0 fully saturated rings. The second-order valence-corrected chi connectivity index (χ2v) is 8.75. The van der Waals surface area contributed by atoms with Gasteiger partial charge in [-0.2, -0.15) is 5.10 Å². The molecule has 0 atom stereocenters. The van der Waals surface area contributed by atoms with Gasteiger partial charge in [0.1, 0.15) is 4.88 Å². The van der Waals surface area contributed by atoms with E-state index < -0.39 is 0 Å². The first kappa shape index (κ1) is 18.6. The Kier molecular flexibility index (Phi) is 5.17. The first-order valence-electron chi connectivity index (χ1n) is 8.38. The van der Waals surface area contributed by atoms with E-state index in [1.54, 1.807) is 6.21 Å². The Morgan fingerprint density at radius 1 is 1.15 bits per heavy atom. The molecule has 0 aliphatic heterocycles. The van der Waals surface area contributed by atoms with Gasteiger partial charge in [-0.25, -0.2) is 5.43 Å². The summed E-state index contributed by atoms with van der Waals surface area (Å²) in [5, 5.41) is 5.44. The van der Waals surface area contributed by atoms with Crippen LogP contribution in [0, 0.1) is 6.92 Å². The zero-order valence-electron chi connectivity index (χ0n) is 15.3. The fourth-order valence-electron chi connectivity index (χ4n) is 2.60. The highest BCUT2D eigenvalue weighted by atomic mass is 35.5. The smallest absolute Gasteiger partial charge is 0.266 e. The van der Waals surface area contributed by atoms with Crippen LogP contribution in [0.3, 0.4) is 0 Å². The van der Waals surface area contributed by atoms with E-state index in [4.69, 9.17) is 11.6 Å². The van der Waals surface area contributed by atoms with E-state index in [0.29, 0.717) is 9.90 Å². The van der Waals surface area contributed by atoms with Gasteiger partial charge in [0.15, 0.2) is 0 Å². The highest BCUT2D eigenvalue weighted by Gasteiger charge is 2.17.